The maximum Gasteiger partial charge on any atom is 0.278 e. The molecule has 1 aromatic heterocycles. The fraction of sp³-hybridized carbons (Fsp3) is 0.241. The molecule has 0 bridgehead atoms. The molecule has 0 aliphatic carbocycles. The molecule has 4 aromatic rings. The van der Waals surface area contributed by atoms with Crippen molar-refractivity contribution in [1.82, 2.24) is 14.7 Å². The fourth-order valence-electron chi connectivity index (χ4n) is 4.51. The van der Waals surface area contributed by atoms with Gasteiger partial charge >= 0.3 is 0 Å². The van der Waals surface area contributed by atoms with E-state index in [4.69, 9.17) is 4.74 Å². The van der Waals surface area contributed by atoms with E-state index < -0.39 is 0 Å². The van der Waals surface area contributed by atoms with Crippen LogP contribution in [0.15, 0.2) is 91.1 Å². The first-order valence-electron chi connectivity index (χ1n) is 12.0. The summed E-state index contributed by atoms with van der Waals surface area (Å²) in [6.45, 7) is 1.71. The monoisotopic (exact) mass is 469 g/mol. The van der Waals surface area contributed by atoms with Crippen molar-refractivity contribution in [2.24, 2.45) is 5.92 Å². The Kier molecular flexibility index (Phi) is 6.89. The predicted octanol–water partition coefficient (Wildman–Crippen LogP) is 5.69. The van der Waals surface area contributed by atoms with Crippen LogP contribution in [-0.4, -0.2) is 33.7 Å². The van der Waals surface area contributed by atoms with Crippen molar-refractivity contribution < 1.29 is 13.9 Å². The van der Waals surface area contributed by atoms with Crippen LogP contribution in [0.3, 0.4) is 0 Å². The zero-order chi connectivity index (χ0) is 24.0. The van der Waals surface area contributed by atoms with E-state index in [0.29, 0.717) is 37.1 Å². The first kappa shape index (κ1) is 22.8. The van der Waals surface area contributed by atoms with Crippen LogP contribution >= 0.6 is 0 Å². The van der Waals surface area contributed by atoms with Gasteiger partial charge in [-0.2, -0.15) is 5.10 Å². The summed E-state index contributed by atoms with van der Waals surface area (Å²) in [5, 5.41) is 4.56. The van der Waals surface area contributed by atoms with Crippen LogP contribution in [0.4, 0.5) is 4.39 Å². The largest absolute Gasteiger partial charge is 0.485 e. The van der Waals surface area contributed by atoms with Crippen molar-refractivity contribution in [3.05, 3.63) is 114 Å². The van der Waals surface area contributed by atoms with Crippen molar-refractivity contribution in [1.29, 1.82) is 0 Å². The minimum Gasteiger partial charge on any atom is -0.485 e. The SMILES string of the molecule is O=C(c1nn(-c2ccc(F)cc2)cc1OCc1ccccc1)N1CCC(Cc2ccccc2)CC1. The molecular weight excluding hydrogens is 441 g/mol. The van der Waals surface area contributed by atoms with Crippen LogP contribution < -0.4 is 4.74 Å². The second-order valence-corrected chi connectivity index (χ2v) is 8.96. The van der Waals surface area contributed by atoms with E-state index in [0.717, 1.165) is 24.8 Å². The summed E-state index contributed by atoms with van der Waals surface area (Å²) in [5.41, 5.74) is 3.29. The summed E-state index contributed by atoms with van der Waals surface area (Å²) < 4.78 is 21.1. The van der Waals surface area contributed by atoms with Crippen LogP contribution in [0, 0.1) is 11.7 Å². The summed E-state index contributed by atoms with van der Waals surface area (Å²) >= 11 is 0. The fourth-order valence-corrected chi connectivity index (χ4v) is 4.51. The lowest BCUT2D eigenvalue weighted by atomic mass is 9.90. The van der Waals surface area contributed by atoms with Crippen molar-refractivity contribution >= 4 is 5.91 Å². The molecule has 5 nitrogen and oxygen atoms in total. The number of halogens is 1. The van der Waals surface area contributed by atoms with E-state index in [9.17, 15) is 9.18 Å². The summed E-state index contributed by atoms with van der Waals surface area (Å²) in [7, 11) is 0. The molecule has 1 amide bonds. The first-order valence-corrected chi connectivity index (χ1v) is 12.0. The van der Waals surface area contributed by atoms with Crippen LogP contribution in [0.1, 0.15) is 34.5 Å². The number of rotatable bonds is 7. The van der Waals surface area contributed by atoms with Gasteiger partial charge in [0.2, 0.25) is 0 Å². The molecule has 2 heterocycles. The Bertz CT molecular complexity index is 1250. The van der Waals surface area contributed by atoms with Gasteiger partial charge in [0.05, 0.1) is 11.9 Å². The number of hydrogen-bond acceptors (Lipinski definition) is 3. The van der Waals surface area contributed by atoms with Gasteiger partial charge in [0.25, 0.3) is 5.91 Å². The molecule has 5 rings (SSSR count). The third kappa shape index (κ3) is 5.60. The van der Waals surface area contributed by atoms with Crippen molar-refractivity contribution in [3.63, 3.8) is 0 Å². The first-order chi connectivity index (χ1) is 17.2. The lowest BCUT2D eigenvalue weighted by molar-refractivity contribution is 0.0679. The van der Waals surface area contributed by atoms with Crippen LogP contribution in [0.25, 0.3) is 5.69 Å². The minimum absolute atomic E-state index is 0.132. The highest BCUT2D eigenvalue weighted by Crippen LogP contribution is 2.27. The zero-order valence-electron chi connectivity index (χ0n) is 19.5. The van der Waals surface area contributed by atoms with E-state index in [-0.39, 0.29) is 17.4 Å². The second kappa shape index (κ2) is 10.6. The average Bonchev–Trinajstić information content (AvgIpc) is 3.33. The van der Waals surface area contributed by atoms with Gasteiger partial charge in [0.1, 0.15) is 12.4 Å². The highest BCUT2D eigenvalue weighted by molar-refractivity contribution is 5.95. The Hall–Kier alpha value is -3.93. The van der Waals surface area contributed by atoms with Gasteiger partial charge in [-0.05, 0) is 60.6 Å². The summed E-state index contributed by atoms with van der Waals surface area (Å²) in [6, 6.07) is 26.3. The number of aromatic nitrogens is 2. The van der Waals surface area contributed by atoms with E-state index in [2.05, 4.69) is 29.4 Å². The van der Waals surface area contributed by atoms with Gasteiger partial charge in [-0.1, -0.05) is 60.7 Å². The molecule has 0 saturated carbocycles. The van der Waals surface area contributed by atoms with Crippen LogP contribution in [0.5, 0.6) is 5.75 Å². The van der Waals surface area contributed by atoms with Crippen molar-refractivity contribution in [2.45, 2.75) is 25.9 Å². The molecule has 178 valence electrons. The number of amides is 1. The number of piperidine rings is 1. The lowest BCUT2D eigenvalue weighted by Gasteiger charge is -2.31. The maximum atomic E-state index is 13.5. The number of carbonyl (C=O) groups is 1. The molecule has 0 unspecified atom stereocenters. The van der Waals surface area contributed by atoms with Gasteiger partial charge in [-0.15, -0.1) is 0 Å². The minimum atomic E-state index is -0.323. The summed E-state index contributed by atoms with van der Waals surface area (Å²) in [6.07, 6.45) is 4.65. The summed E-state index contributed by atoms with van der Waals surface area (Å²) in [4.78, 5) is 15.4. The molecule has 0 atom stereocenters. The van der Waals surface area contributed by atoms with E-state index >= 15 is 0 Å². The third-order valence-electron chi connectivity index (χ3n) is 6.48. The zero-order valence-corrected chi connectivity index (χ0v) is 19.5. The number of likely N-dealkylation sites (tertiary alicyclic amines) is 1. The van der Waals surface area contributed by atoms with E-state index in [1.165, 1.54) is 17.7 Å². The lowest BCUT2D eigenvalue weighted by Crippen LogP contribution is -2.39. The Morgan fingerprint density at radius 2 is 1.51 bits per heavy atom. The molecule has 35 heavy (non-hydrogen) atoms. The van der Waals surface area contributed by atoms with Crippen molar-refractivity contribution in [2.75, 3.05) is 13.1 Å². The average molecular weight is 470 g/mol. The number of carbonyl (C=O) groups excluding carboxylic acids is 1. The molecule has 1 saturated heterocycles. The Balaban J connectivity index is 1.32. The van der Waals surface area contributed by atoms with Gasteiger partial charge in [0, 0.05) is 13.1 Å². The predicted molar refractivity (Wildman–Crippen MR) is 133 cm³/mol. The van der Waals surface area contributed by atoms with Gasteiger partial charge in [-0.25, -0.2) is 9.07 Å². The Morgan fingerprint density at radius 3 is 2.17 bits per heavy atom. The quantitative estimate of drug-likeness (QED) is 0.350. The second-order valence-electron chi connectivity index (χ2n) is 8.96. The van der Waals surface area contributed by atoms with E-state index in [1.807, 2.05) is 41.3 Å². The smallest absolute Gasteiger partial charge is 0.278 e. The van der Waals surface area contributed by atoms with Crippen molar-refractivity contribution in [3.8, 4) is 11.4 Å². The highest BCUT2D eigenvalue weighted by atomic mass is 19.1. The van der Waals surface area contributed by atoms with Gasteiger partial charge in [-0.3, -0.25) is 4.79 Å². The molecule has 1 aliphatic heterocycles. The Labute approximate surface area is 204 Å². The van der Waals surface area contributed by atoms with Crippen LogP contribution in [0.2, 0.25) is 0 Å². The van der Waals surface area contributed by atoms with E-state index in [1.54, 1.807) is 23.0 Å². The molecule has 6 heteroatoms. The third-order valence-corrected chi connectivity index (χ3v) is 6.48. The molecule has 1 aliphatic rings. The molecular formula is C29H28FN3O2. The topological polar surface area (TPSA) is 47.4 Å². The van der Waals surface area contributed by atoms with Gasteiger partial charge < -0.3 is 9.64 Å². The number of ether oxygens (including phenoxy) is 1. The number of benzene rings is 3. The molecule has 3 aromatic carbocycles. The summed E-state index contributed by atoms with van der Waals surface area (Å²) in [5.74, 6) is 0.532. The number of nitrogens with zero attached hydrogens (tertiary/aromatic N) is 3. The molecule has 1 fully saturated rings. The Morgan fingerprint density at radius 1 is 0.886 bits per heavy atom. The van der Waals surface area contributed by atoms with Gasteiger partial charge in [0.15, 0.2) is 11.4 Å². The normalized spacial score (nSPS) is 14.1. The standard InChI is InChI=1S/C29H28FN3O2/c30-25-11-13-26(14-12-25)33-20-27(35-21-24-9-5-2-6-10-24)28(31-33)29(34)32-17-15-23(16-18-32)19-22-7-3-1-4-8-22/h1-14,20,23H,15-19,21H2. The molecule has 0 N–H and O–H groups in total. The maximum absolute atomic E-state index is 13.5. The molecule has 0 spiro atoms. The van der Waals surface area contributed by atoms with Crippen LogP contribution in [-0.2, 0) is 13.0 Å². The molecule has 0 radical (unpaired) electrons. The number of hydrogen-bond donors (Lipinski definition) is 0. The highest BCUT2D eigenvalue weighted by Gasteiger charge is 2.28.